The SMILES string of the molecule is COc1c(C(C)C)cc(Br)c(C)c1CCN1CCNCC1. The van der Waals surface area contributed by atoms with E-state index >= 15 is 0 Å². The number of methoxy groups -OCH3 is 1. The van der Waals surface area contributed by atoms with Gasteiger partial charge in [0.1, 0.15) is 5.75 Å². The van der Waals surface area contributed by atoms with Crippen LogP contribution >= 0.6 is 15.9 Å². The first kappa shape index (κ1) is 16.8. The minimum absolute atomic E-state index is 0.467. The van der Waals surface area contributed by atoms with Gasteiger partial charge in [-0.2, -0.15) is 0 Å². The molecule has 1 aliphatic heterocycles. The van der Waals surface area contributed by atoms with E-state index in [1.54, 1.807) is 7.11 Å². The van der Waals surface area contributed by atoms with Crippen molar-refractivity contribution in [3.05, 3.63) is 27.2 Å². The number of benzene rings is 1. The van der Waals surface area contributed by atoms with E-state index in [1.807, 2.05) is 0 Å². The molecule has 1 aromatic rings. The first-order valence-corrected chi connectivity index (χ1v) is 8.62. The molecule has 1 heterocycles. The minimum Gasteiger partial charge on any atom is -0.496 e. The van der Waals surface area contributed by atoms with Crippen molar-refractivity contribution in [1.82, 2.24) is 10.2 Å². The first-order valence-electron chi connectivity index (χ1n) is 7.83. The molecule has 1 saturated heterocycles. The Morgan fingerprint density at radius 2 is 2.00 bits per heavy atom. The van der Waals surface area contributed by atoms with Crippen molar-refractivity contribution in [2.45, 2.75) is 33.1 Å². The van der Waals surface area contributed by atoms with E-state index < -0.39 is 0 Å². The van der Waals surface area contributed by atoms with Crippen LogP contribution in [0.25, 0.3) is 0 Å². The Morgan fingerprint density at radius 1 is 1.33 bits per heavy atom. The smallest absolute Gasteiger partial charge is 0.125 e. The van der Waals surface area contributed by atoms with Crippen molar-refractivity contribution < 1.29 is 4.74 Å². The largest absolute Gasteiger partial charge is 0.496 e. The zero-order chi connectivity index (χ0) is 15.4. The lowest BCUT2D eigenvalue weighted by Crippen LogP contribution is -2.44. The number of hydrogen-bond acceptors (Lipinski definition) is 3. The molecule has 0 radical (unpaired) electrons. The summed E-state index contributed by atoms with van der Waals surface area (Å²) in [6.45, 7) is 12.2. The summed E-state index contributed by atoms with van der Waals surface area (Å²) < 4.78 is 6.96. The molecule has 1 aliphatic rings. The standard InChI is InChI=1S/C17H27BrN2O/c1-12(2)15-11-16(18)13(3)14(17(15)21-4)5-8-20-9-6-19-7-10-20/h11-12,19H,5-10H2,1-4H3. The Kier molecular flexibility index (Phi) is 6.08. The lowest BCUT2D eigenvalue weighted by Gasteiger charge is -2.28. The Labute approximate surface area is 137 Å². The van der Waals surface area contributed by atoms with Crippen LogP contribution in [-0.2, 0) is 6.42 Å². The van der Waals surface area contributed by atoms with Gasteiger partial charge in [0.2, 0.25) is 0 Å². The molecule has 1 N–H and O–H groups in total. The number of rotatable bonds is 5. The quantitative estimate of drug-likeness (QED) is 0.877. The van der Waals surface area contributed by atoms with Gasteiger partial charge >= 0.3 is 0 Å². The lowest BCUT2D eigenvalue weighted by atomic mass is 9.94. The molecule has 0 aromatic heterocycles. The van der Waals surface area contributed by atoms with Crippen LogP contribution < -0.4 is 10.1 Å². The molecule has 0 amide bonds. The maximum absolute atomic E-state index is 5.76. The van der Waals surface area contributed by atoms with Gasteiger partial charge in [0.25, 0.3) is 0 Å². The Morgan fingerprint density at radius 3 is 2.57 bits per heavy atom. The van der Waals surface area contributed by atoms with Crippen molar-refractivity contribution in [2.24, 2.45) is 0 Å². The van der Waals surface area contributed by atoms with E-state index in [1.165, 1.54) is 21.2 Å². The number of halogens is 1. The van der Waals surface area contributed by atoms with E-state index in [2.05, 4.69) is 53.0 Å². The average molecular weight is 355 g/mol. The zero-order valence-corrected chi connectivity index (χ0v) is 15.2. The topological polar surface area (TPSA) is 24.5 Å². The molecule has 0 bridgehead atoms. The van der Waals surface area contributed by atoms with Gasteiger partial charge in [-0.25, -0.2) is 0 Å². The second-order valence-electron chi connectivity index (χ2n) is 6.08. The van der Waals surface area contributed by atoms with Gasteiger partial charge in [0.15, 0.2) is 0 Å². The highest BCUT2D eigenvalue weighted by Crippen LogP contribution is 2.37. The zero-order valence-electron chi connectivity index (χ0n) is 13.6. The number of hydrogen-bond donors (Lipinski definition) is 1. The van der Waals surface area contributed by atoms with Gasteiger partial charge in [-0.15, -0.1) is 0 Å². The third-order valence-electron chi connectivity index (χ3n) is 4.34. The summed E-state index contributed by atoms with van der Waals surface area (Å²) in [5.41, 5.74) is 3.96. The van der Waals surface area contributed by atoms with E-state index in [-0.39, 0.29) is 0 Å². The fourth-order valence-corrected chi connectivity index (χ4v) is 3.46. The Hall–Kier alpha value is -0.580. The molecule has 0 spiro atoms. The molecule has 1 fully saturated rings. The van der Waals surface area contributed by atoms with Crippen molar-refractivity contribution in [1.29, 1.82) is 0 Å². The molecule has 0 aliphatic carbocycles. The molecule has 2 rings (SSSR count). The molecule has 0 unspecified atom stereocenters. The average Bonchev–Trinajstić information content (AvgIpc) is 2.49. The first-order chi connectivity index (χ1) is 10.0. The normalized spacial score (nSPS) is 16.5. The van der Waals surface area contributed by atoms with Gasteiger partial charge in [0, 0.05) is 37.2 Å². The second-order valence-corrected chi connectivity index (χ2v) is 6.94. The maximum Gasteiger partial charge on any atom is 0.125 e. The van der Waals surface area contributed by atoms with Gasteiger partial charge in [-0.05, 0) is 42.0 Å². The summed E-state index contributed by atoms with van der Waals surface area (Å²) in [7, 11) is 1.79. The third-order valence-corrected chi connectivity index (χ3v) is 5.17. The van der Waals surface area contributed by atoms with Crippen LogP contribution in [-0.4, -0.2) is 44.7 Å². The van der Waals surface area contributed by atoms with Crippen LogP contribution in [0.15, 0.2) is 10.5 Å². The summed E-state index contributed by atoms with van der Waals surface area (Å²) in [6, 6.07) is 2.22. The fourth-order valence-electron chi connectivity index (χ4n) is 2.97. The van der Waals surface area contributed by atoms with Crippen LogP contribution in [0, 0.1) is 6.92 Å². The van der Waals surface area contributed by atoms with Gasteiger partial charge in [-0.3, -0.25) is 0 Å². The molecule has 1 aromatic carbocycles. The molecule has 4 heteroatoms. The van der Waals surface area contributed by atoms with Crippen LogP contribution in [0.1, 0.15) is 36.5 Å². The highest BCUT2D eigenvalue weighted by Gasteiger charge is 2.18. The molecular weight excluding hydrogens is 328 g/mol. The Balaban J connectivity index is 2.23. The van der Waals surface area contributed by atoms with Crippen molar-refractivity contribution in [2.75, 3.05) is 39.8 Å². The third kappa shape index (κ3) is 3.99. The summed E-state index contributed by atoms with van der Waals surface area (Å²) in [5.74, 6) is 1.55. The van der Waals surface area contributed by atoms with Crippen LogP contribution in [0.5, 0.6) is 5.75 Å². The van der Waals surface area contributed by atoms with Gasteiger partial charge in [-0.1, -0.05) is 29.8 Å². The molecule has 0 saturated carbocycles. The predicted octanol–water partition coefficient (Wildman–Crippen LogP) is 3.34. The number of nitrogens with one attached hydrogen (secondary N) is 1. The van der Waals surface area contributed by atoms with E-state index in [0.29, 0.717) is 5.92 Å². The van der Waals surface area contributed by atoms with Crippen LogP contribution in [0.4, 0.5) is 0 Å². The van der Waals surface area contributed by atoms with Crippen molar-refractivity contribution in [3.63, 3.8) is 0 Å². The van der Waals surface area contributed by atoms with Gasteiger partial charge in [0.05, 0.1) is 7.11 Å². The second kappa shape index (κ2) is 7.61. The number of nitrogens with zero attached hydrogens (tertiary/aromatic N) is 1. The number of ether oxygens (including phenoxy) is 1. The summed E-state index contributed by atoms with van der Waals surface area (Å²) in [6.07, 6.45) is 1.05. The number of piperazine rings is 1. The molecule has 118 valence electrons. The molecular formula is C17H27BrN2O. The molecule has 0 atom stereocenters. The minimum atomic E-state index is 0.467. The van der Waals surface area contributed by atoms with E-state index in [9.17, 15) is 0 Å². The summed E-state index contributed by atoms with van der Waals surface area (Å²) in [4.78, 5) is 2.53. The van der Waals surface area contributed by atoms with Crippen molar-refractivity contribution in [3.8, 4) is 5.75 Å². The summed E-state index contributed by atoms with van der Waals surface area (Å²) >= 11 is 3.72. The Bertz CT molecular complexity index is 482. The monoisotopic (exact) mass is 354 g/mol. The maximum atomic E-state index is 5.76. The predicted molar refractivity (Wildman–Crippen MR) is 92.5 cm³/mol. The van der Waals surface area contributed by atoms with E-state index in [0.717, 1.165) is 44.9 Å². The van der Waals surface area contributed by atoms with Crippen molar-refractivity contribution >= 4 is 15.9 Å². The lowest BCUT2D eigenvalue weighted by molar-refractivity contribution is 0.243. The van der Waals surface area contributed by atoms with Crippen LogP contribution in [0.3, 0.4) is 0 Å². The highest BCUT2D eigenvalue weighted by atomic mass is 79.9. The molecule has 3 nitrogen and oxygen atoms in total. The fraction of sp³-hybridized carbons (Fsp3) is 0.647. The van der Waals surface area contributed by atoms with Gasteiger partial charge < -0.3 is 15.0 Å². The molecule has 21 heavy (non-hydrogen) atoms. The highest BCUT2D eigenvalue weighted by molar-refractivity contribution is 9.10. The summed E-state index contributed by atoms with van der Waals surface area (Å²) in [5, 5.41) is 3.41. The van der Waals surface area contributed by atoms with E-state index in [4.69, 9.17) is 4.74 Å². The van der Waals surface area contributed by atoms with Crippen LogP contribution in [0.2, 0.25) is 0 Å².